The lowest BCUT2D eigenvalue weighted by molar-refractivity contribution is 0.415. The van der Waals surface area contributed by atoms with Gasteiger partial charge in [-0.2, -0.15) is 0 Å². The number of fused-ring (bicyclic) bond motifs is 1. The van der Waals surface area contributed by atoms with E-state index >= 15 is 0 Å². The third kappa shape index (κ3) is 3.27. The highest BCUT2D eigenvalue weighted by Gasteiger charge is 2.16. The minimum Gasteiger partial charge on any atom is -0.497 e. The molecule has 4 aromatic rings. The lowest BCUT2D eigenvalue weighted by Gasteiger charge is -2.13. The summed E-state index contributed by atoms with van der Waals surface area (Å²) >= 11 is 0. The van der Waals surface area contributed by atoms with Crippen molar-refractivity contribution in [1.29, 1.82) is 0 Å². The molecular weight excluding hydrogens is 318 g/mol. The molecule has 0 radical (unpaired) electrons. The molecule has 3 aromatic carbocycles. The van der Waals surface area contributed by atoms with E-state index in [1.807, 2.05) is 12.1 Å². The van der Waals surface area contributed by atoms with Crippen LogP contribution in [0.3, 0.4) is 0 Å². The van der Waals surface area contributed by atoms with Crippen molar-refractivity contribution in [3.05, 3.63) is 108 Å². The highest BCUT2D eigenvalue weighted by Crippen LogP contribution is 2.34. The third-order valence-electron chi connectivity index (χ3n) is 4.70. The van der Waals surface area contributed by atoms with Crippen LogP contribution in [0.15, 0.2) is 91.1 Å². The van der Waals surface area contributed by atoms with Crippen LogP contribution in [-0.4, -0.2) is 12.1 Å². The summed E-state index contributed by atoms with van der Waals surface area (Å²) in [6, 6.07) is 27.2. The summed E-state index contributed by atoms with van der Waals surface area (Å²) in [6.07, 6.45) is 6.57. The Morgan fingerprint density at radius 2 is 1.62 bits per heavy atom. The lowest BCUT2D eigenvalue weighted by atomic mass is 9.90. The Morgan fingerprint density at radius 3 is 2.35 bits per heavy atom. The second-order valence-corrected chi connectivity index (χ2v) is 6.31. The number of benzene rings is 3. The molecule has 4 rings (SSSR count). The van der Waals surface area contributed by atoms with E-state index in [4.69, 9.17) is 4.74 Å². The van der Waals surface area contributed by atoms with Crippen molar-refractivity contribution in [1.82, 2.24) is 4.98 Å². The predicted molar refractivity (Wildman–Crippen MR) is 109 cm³/mol. The Bertz CT molecular complexity index is 1020. The van der Waals surface area contributed by atoms with Gasteiger partial charge in [0, 0.05) is 23.0 Å². The van der Waals surface area contributed by atoms with Gasteiger partial charge in [-0.1, -0.05) is 72.8 Å². The summed E-state index contributed by atoms with van der Waals surface area (Å²) < 4.78 is 5.43. The zero-order valence-electron chi connectivity index (χ0n) is 14.7. The molecule has 0 aliphatic rings. The van der Waals surface area contributed by atoms with E-state index in [0.717, 1.165) is 11.3 Å². The van der Waals surface area contributed by atoms with Crippen molar-refractivity contribution < 1.29 is 4.74 Å². The number of H-pyrrole nitrogens is 1. The first-order valence-electron chi connectivity index (χ1n) is 8.78. The monoisotopic (exact) mass is 339 g/mol. The molecule has 1 atom stereocenters. The molecule has 128 valence electrons. The van der Waals surface area contributed by atoms with Crippen molar-refractivity contribution in [3.8, 4) is 5.75 Å². The average molecular weight is 339 g/mol. The van der Waals surface area contributed by atoms with Gasteiger partial charge in [-0.3, -0.25) is 0 Å². The quantitative estimate of drug-likeness (QED) is 0.472. The molecule has 0 saturated carbocycles. The smallest absolute Gasteiger partial charge is 0.119 e. The summed E-state index contributed by atoms with van der Waals surface area (Å²) in [5.74, 6) is 1.04. The van der Waals surface area contributed by atoms with E-state index in [2.05, 4.69) is 90.1 Å². The molecule has 0 amide bonds. The maximum Gasteiger partial charge on any atom is 0.119 e. The van der Waals surface area contributed by atoms with Gasteiger partial charge < -0.3 is 9.72 Å². The summed E-state index contributed by atoms with van der Waals surface area (Å²) in [5, 5.41) is 1.19. The molecule has 0 aliphatic heterocycles. The highest BCUT2D eigenvalue weighted by molar-refractivity contribution is 5.86. The zero-order valence-corrected chi connectivity index (χ0v) is 14.7. The fourth-order valence-electron chi connectivity index (χ4n) is 3.33. The standard InChI is InChI=1S/C24H21NO/c1-26-20-13-15-24-22(16-20)23(17-25-24)21(19-10-6-3-7-11-19)14-12-18-8-4-2-5-9-18/h2-17,21,25H,1H3/b14-12+. The number of hydrogen-bond acceptors (Lipinski definition) is 1. The molecule has 1 aromatic heterocycles. The topological polar surface area (TPSA) is 25.0 Å². The number of allylic oxidation sites excluding steroid dienone is 1. The van der Waals surface area contributed by atoms with Crippen LogP contribution < -0.4 is 4.74 Å². The third-order valence-corrected chi connectivity index (χ3v) is 4.70. The molecule has 26 heavy (non-hydrogen) atoms. The molecule has 0 saturated heterocycles. The molecule has 0 spiro atoms. The molecule has 1 N–H and O–H groups in total. The van der Waals surface area contributed by atoms with Gasteiger partial charge in [0.2, 0.25) is 0 Å². The maximum atomic E-state index is 5.43. The molecule has 0 aliphatic carbocycles. The van der Waals surface area contributed by atoms with Gasteiger partial charge in [0.25, 0.3) is 0 Å². The van der Waals surface area contributed by atoms with Gasteiger partial charge in [0.1, 0.15) is 5.75 Å². The molecule has 2 nitrogen and oxygen atoms in total. The van der Waals surface area contributed by atoms with Crippen LogP contribution in [0.4, 0.5) is 0 Å². The van der Waals surface area contributed by atoms with Gasteiger partial charge >= 0.3 is 0 Å². The van der Waals surface area contributed by atoms with Crippen molar-refractivity contribution in [3.63, 3.8) is 0 Å². The second kappa shape index (κ2) is 7.32. The molecule has 1 heterocycles. The van der Waals surface area contributed by atoms with E-state index in [1.165, 1.54) is 22.1 Å². The summed E-state index contributed by atoms with van der Waals surface area (Å²) in [7, 11) is 1.71. The highest BCUT2D eigenvalue weighted by atomic mass is 16.5. The first-order valence-corrected chi connectivity index (χ1v) is 8.78. The molecule has 0 fully saturated rings. The van der Waals surface area contributed by atoms with Crippen LogP contribution in [-0.2, 0) is 0 Å². The van der Waals surface area contributed by atoms with Crippen LogP contribution >= 0.6 is 0 Å². The maximum absolute atomic E-state index is 5.43. The number of aromatic nitrogens is 1. The van der Waals surface area contributed by atoms with E-state index in [1.54, 1.807) is 7.11 Å². The molecular formula is C24H21NO. The summed E-state index contributed by atoms with van der Waals surface area (Å²) in [5.41, 5.74) is 4.83. The average Bonchev–Trinajstić information content (AvgIpc) is 3.13. The van der Waals surface area contributed by atoms with Crippen molar-refractivity contribution in [2.75, 3.05) is 7.11 Å². The summed E-state index contributed by atoms with van der Waals surface area (Å²) in [4.78, 5) is 3.40. The normalized spacial score (nSPS) is 12.5. The van der Waals surface area contributed by atoms with Crippen LogP contribution in [0.5, 0.6) is 5.75 Å². The van der Waals surface area contributed by atoms with Crippen molar-refractivity contribution >= 4 is 17.0 Å². The molecule has 2 heteroatoms. The minimum absolute atomic E-state index is 0.164. The Kier molecular flexibility index (Phi) is 4.57. The van der Waals surface area contributed by atoms with Gasteiger partial charge in [-0.15, -0.1) is 0 Å². The number of rotatable bonds is 5. The van der Waals surface area contributed by atoms with Gasteiger partial charge in [0.15, 0.2) is 0 Å². The lowest BCUT2D eigenvalue weighted by Crippen LogP contribution is -1.97. The van der Waals surface area contributed by atoms with Crippen LogP contribution in [0.2, 0.25) is 0 Å². The van der Waals surface area contributed by atoms with E-state index in [-0.39, 0.29) is 5.92 Å². The second-order valence-electron chi connectivity index (χ2n) is 6.31. The van der Waals surface area contributed by atoms with Gasteiger partial charge in [-0.25, -0.2) is 0 Å². The van der Waals surface area contributed by atoms with Crippen molar-refractivity contribution in [2.24, 2.45) is 0 Å². The number of hydrogen-bond donors (Lipinski definition) is 1. The van der Waals surface area contributed by atoms with Gasteiger partial charge in [0.05, 0.1) is 7.11 Å². The number of methoxy groups -OCH3 is 1. The first-order chi connectivity index (χ1) is 12.8. The first kappa shape index (κ1) is 16.2. The molecule has 0 bridgehead atoms. The minimum atomic E-state index is 0.164. The molecule has 1 unspecified atom stereocenters. The van der Waals surface area contributed by atoms with E-state index in [9.17, 15) is 0 Å². The largest absolute Gasteiger partial charge is 0.497 e. The number of ether oxygens (including phenoxy) is 1. The Labute approximate surface area is 153 Å². The fourth-order valence-corrected chi connectivity index (χ4v) is 3.33. The Hall–Kier alpha value is -3.26. The Morgan fingerprint density at radius 1 is 0.885 bits per heavy atom. The van der Waals surface area contributed by atoms with Crippen LogP contribution in [0.1, 0.15) is 22.6 Å². The van der Waals surface area contributed by atoms with Crippen molar-refractivity contribution in [2.45, 2.75) is 5.92 Å². The zero-order chi connectivity index (χ0) is 17.8. The summed E-state index contributed by atoms with van der Waals surface area (Å²) in [6.45, 7) is 0. The van der Waals surface area contributed by atoms with E-state index < -0.39 is 0 Å². The van der Waals surface area contributed by atoms with Crippen LogP contribution in [0.25, 0.3) is 17.0 Å². The van der Waals surface area contributed by atoms with Gasteiger partial charge in [-0.05, 0) is 34.9 Å². The SMILES string of the molecule is COc1ccc2[nH]cc(C(/C=C/c3ccccc3)c3ccccc3)c2c1. The fraction of sp³-hybridized carbons (Fsp3) is 0.0833. The van der Waals surface area contributed by atoms with E-state index in [0.29, 0.717) is 0 Å². The number of aromatic amines is 1. The predicted octanol–water partition coefficient (Wildman–Crippen LogP) is 6.02. The van der Waals surface area contributed by atoms with Crippen LogP contribution in [0, 0.1) is 0 Å². The number of nitrogens with one attached hydrogen (secondary N) is 1. The Balaban J connectivity index is 1.82.